The Bertz CT molecular complexity index is 631. The van der Waals surface area contributed by atoms with E-state index in [1.807, 2.05) is 20.8 Å². The summed E-state index contributed by atoms with van der Waals surface area (Å²) in [5, 5.41) is 12.5. The van der Waals surface area contributed by atoms with Crippen LogP contribution in [0.5, 0.6) is 5.75 Å². The maximum Gasteiger partial charge on any atom is 0.410 e. The summed E-state index contributed by atoms with van der Waals surface area (Å²) in [6, 6.07) is 4.21. The fraction of sp³-hybridized carbons (Fsp3) is 0.632. The first kappa shape index (κ1) is 21.6. The zero-order valence-corrected chi connectivity index (χ0v) is 16.8. The van der Waals surface area contributed by atoms with Gasteiger partial charge in [0, 0.05) is 38.5 Å². The number of halogens is 2. The van der Waals surface area contributed by atoms with Crippen LogP contribution in [0.25, 0.3) is 0 Å². The number of carbonyl (C=O) groups is 1. The van der Waals surface area contributed by atoms with Gasteiger partial charge in [0.05, 0.1) is 17.7 Å². The topological polar surface area (TPSA) is 71.0 Å². The molecule has 1 aliphatic rings. The molecular weight excluding hydrogens is 375 g/mol. The molecule has 27 heavy (non-hydrogen) atoms. The van der Waals surface area contributed by atoms with Gasteiger partial charge >= 0.3 is 6.09 Å². The van der Waals surface area contributed by atoms with Crippen molar-refractivity contribution in [2.45, 2.75) is 51.4 Å². The number of alkyl halides is 1. The molecule has 0 saturated carbocycles. The summed E-state index contributed by atoms with van der Waals surface area (Å²) in [5.41, 5.74) is -0.0547. The Hall–Kier alpha value is -1.73. The number of hydrogen-bond acceptors (Lipinski definition) is 5. The van der Waals surface area contributed by atoms with Gasteiger partial charge in [-0.2, -0.15) is 0 Å². The van der Waals surface area contributed by atoms with E-state index in [0.29, 0.717) is 37.4 Å². The van der Waals surface area contributed by atoms with E-state index in [0.717, 1.165) is 0 Å². The van der Waals surface area contributed by atoms with Crippen molar-refractivity contribution in [3.63, 3.8) is 0 Å². The van der Waals surface area contributed by atoms with Gasteiger partial charge in [0.15, 0.2) is 0 Å². The van der Waals surface area contributed by atoms with Crippen LogP contribution in [0.2, 0.25) is 0 Å². The van der Waals surface area contributed by atoms with E-state index in [1.54, 1.807) is 11.0 Å². The molecule has 1 heterocycles. The number of aliphatic hydroxyl groups excluding tert-OH is 1. The minimum absolute atomic E-state index is 0.0850. The normalized spacial score (nSPS) is 16.7. The number of anilines is 1. The number of benzene rings is 1. The number of likely N-dealkylation sites (tertiary alicyclic amines) is 1. The highest BCUT2D eigenvalue weighted by atomic mass is 35.5. The average molecular weight is 403 g/mol. The van der Waals surface area contributed by atoms with E-state index in [9.17, 15) is 14.3 Å². The van der Waals surface area contributed by atoms with Crippen LogP contribution in [-0.4, -0.2) is 59.4 Å². The third kappa shape index (κ3) is 7.07. The molecule has 1 aliphatic heterocycles. The van der Waals surface area contributed by atoms with Crippen LogP contribution in [0.3, 0.4) is 0 Å². The molecule has 1 saturated heterocycles. The van der Waals surface area contributed by atoms with Gasteiger partial charge in [-0.1, -0.05) is 0 Å². The van der Waals surface area contributed by atoms with E-state index < -0.39 is 17.5 Å². The number of nitrogens with one attached hydrogen (secondary N) is 1. The van der Waals surface area contributed by atoms with Crippen LogP contribution in [0.15, 0.2) is 18.2 Å². The molecule has 0 spiro atoms. The predicted octanol–water partition coefficient (Wildman–Crippen LogP) is 3.62. The van der Waals surface area contributed by atoms with Crippen LogP contribution >= 0.6 is 11.6 Å². The summed E-state index contributed by atoms with van der Waals surface area (Å²) < 4.78 is 25.0. The number of nitrogens with zero attached hydrogens (tertiary/aromatic N) is 1. The van der Waals surface area contributed by atoms with Crippen LogP contribution in [0, 0.1) is 5.82 Å². The molecule has 8 heteroatoms. The minimum atomic E-state index is -0.736. The number of rotatable bonds is 6. The summed E-state index contributed by atoms with van der Waals surface area (Å²) in [4.78, 5) is 13.8. The van der Waals surface area contributed by atoms with Gasteiger partial charge in [0.25, 0.3) is 0 Å². The Labute approximate surface area is 164 Å². The number of carbonyl (C=O) groups excluding carboxylic acids is 1. The lowest BCUT2D eigenvalue weighted by atomic mass is 10.1. The Balaban J connectivity index is 1.92. The van der Waals surface area contributed by atoms with E-state index in [-0.39, 0.29) is 24.6 Å². The van der Waals surface area contributed by atoms with Crippen LogP contribution in [-0.2, 0) is 4.74 Å². The van der Waals surface area contributed by atoms with E-state index in [4.69, 9.17) is 21.1 Å². The lowest BCUT2D eigenvalue weighted by Gasteiger charge is -2.33. The molecular formula is C19H28ClFN2O4. The fourth-order valence-electron chi connectivity index (χ4n) is 2.69. The molecule has 0 aliphatic carbocycles. The largest absolute Gasteiger partial charge is 0.488 e. The van der Waals surface area contributed by atoms with Crippen molar-refractivity contribution in [3.8, 4) is 5.75 Å². The van der Waals surface area contributed by atoms with E-state index >= 15 is 0 Å². The molecule has 0 bridgehead atoms. The van der Waals surface area contributed by atoms with Crippen molar-refractivity contribution in [2.24, 2.45) is 0 Å². The van der Waals surface area contributed by atoms with Gasteiger partial charge in [0.2, 0.25) is 0 Å². The third-order valence-corrected chi connectivity index (χ3v) is 4.39. The molecule has 1 atom stereocenters. The van der Waals surface area contributed by atoms with E-state index in [2.05, 4.69) is 5.32 Å². The molecule has 1 aromatic carbocycles. The van der Waals surface area contributed by atoms with Crippen LogP contribution < -0.4 is 10.1 Å². The molecule has 2 N–H and O–H groups in total. The molecule has 152 valence electrons. The van der Waals surface area contributed by atoms with Crippen LogP contribution in [0.1, 0.15) is 33.6 Å². The zero-order valence-electron chi connectivity index (χ0n) is 16.0. The number of ether oxygens (including phenoxy) is 2. The van der Waals surface area contributed by atoms with Gasteiger partial charge < -0.3 is 24.8 Å². The maximum atomic E-state index is 13.6. The lowest BCUT2D eigenvalue weighted by molar-refractivity contribution is 0.0127. The highest BCUT2D eigenvalue weighted by Gasteiger charge is 2.28. The van der Waals surface area contributed by atoms with Crippen molar-refractivity contribution in [1.82, 2.24) is 4.90 Å². The number of hydrogen-bond donors (Lipinski definition) is 2. The molecule has 1 aromatic rings. The maximum absolute atomic E-state index is 13.6. The van der Waals surface area contributed by atoms with Crippen LogP contribution in [0.4, 0.5) is 14.9 Å². The summed E-state index contributed by atoms with van der Waals surface area (Å²) in [5.74, 6) is 0.195. The van der Waals surface area contributed by atoms with Crippen molar-refractivity contribution < 1.29 is 23.8 Å². The molecule has 1 fully saturated rings. The molecule has 0 aromatic heterocycles. The highest BCUT2D eigenvalue weighted by molar-refractivity contribution is 6.18. The van der Waals surface area contributed by atoms with E-state index in [1.165, 1.54) is 12.1 Å². The van der Waals surface area contributed by atoms with Gasteiger partial charge in [-0.3, -0.25) is 0 Å². The second-order valence-corrected chi connectivity index (χ2v) is 7.92. The number of aliphatic hydroxyl groups is 1. The monoisotopic (exact) mass is 402 g/mol. The first-order valence-electron chi connectivity index (χ1n) is 9.10. The lowest BCUT2D eigenvalue weighted by Crippen LogP contribution is -2.44. The first-order valence-corrected chi connectivity index (χ1v) is 9.63. The molecule has 0 radical (unpaired) electrons. The molecule has 6 nitrogen and oxygen atoms in total. The fourth-order valence-corrected chi connectivity index (χ4v) is 2.80. The van der Waals surface area contributed by atoms with Gasteiger partial charge in [-0.15, -0.1) is 11.6 Å². The minimum Gasteiger partial charge on any atom is -0.488 e. The highest BCUT2D eigenvalue weighted by Crippen LogP contribution is 2.29. The Morgan fingerprint density at radius 2 is 2.07 bits per heavy atom. The third-order valence-electron chi connectivity index (χ3n) is 4.04. The Kier molecular flexibility index (Phi) is 7.56. The number of piperidine rings is 1. The predicted molar refractivity (Wildman–Crippen MR) is 103 cm³/mol. The van der Waals surface area contributed by atoms with Crippen molar-refractivity contribution >= 4 is 23.4 Å². The first-order chi connectivity index (χ1) is 12.7. The van der Waals surface area contributed by atoms with Crippen molar-refractivity contribution in [3.05, 3.63) is 24.0 Å². The number of amides is 1. The van der Waals surface area contributed by atoms with Gasteiger partial charge in [0.1, 0.15) is 23.3 Å². The van der Waals surface area contributed by atoms with Crippen molar-refractivity contribution in [2.75, 3.05) is 30.8 Å². The summed E-state index contributed by atoms with van der Waals surface area (Å²) >= 11 is 5.59. The quantitative estimate of drug-likeness (QED) is 0.711. The molecule has 1 unspecified atom stereocenters. The van der Waals surface area contributed by atoms with Crippen molar-refractivity contribution in [1.29, 1.82) is 0 Å². The summed E-state index contributed by atoms with van der Waals surface area (Å²) in [6.07, 6.45) is 0.161. The second kappa shape index (κ2) is 9.46. The molecule has 2 rings (SSSR count). The standard InChI is InChI=1S/C19H28ClFN2O4/c1-19(2,3)27-18(25)23-8-6-15(7-9-23)26-17-5-4-13(21)10-16(17)22-12-14(24)11-20/h4-5,10,14-15,22,24H,6-9,11-12H2,1-3H3. The van der Waals surface area contributed by atoms with Gasteiger partial charge in [-0.25, -0.2) is 9.18 Å². The van der Waals surface area contributed by atoms with Gasteiger partial charge in [-0.05, 0) is 32.9 Å². The zero-order chi connectivity index (χ0) is 20.0. The summed E-state index contributed by atoms with van der Waals surface area (Å²) in [7, 11) is 0. The SMILES string of the molecule is CC(C)(C)OC(=O)N1CCC(Oc2ccc(F)cc2NCC(O)CCl)CC1. The second-order valence-electron chi connectivity index (χ2n) is 7.61. The Morgan fingerprint density at radius 3 is 2.67 bits per heavy atom. The summed E-state index contributed by atoms with van der Waals surface area (Å²) in [6.45, 7) is 6.78. The average Bonchev–Trinajstić information content (AvgIpc) is 2.60. The Morgan fingerprint density at radius 1 is 1.41 bits per heavy atom. The smallest absolute Gasteiger partial charge is 0.410 e. The molecule has 1 amide bonds.